The smallest absolute Gasteiger partial charge is 0.146 e. The number of nitrogens with zero attached hydrogens (tertiary/aromatic N) is 2. The lowest BCUT2D eigenvalue weighted by Gasteiger charge is -1.93. The lowest BCUT2D eigenvalue weighted by atomic mass is 10.4. The third kappa shape index (κ3) is 1.84. The minimum atomic E-state index is 0.987. The van der Waals surface area contributed by atoms with Gasteiger partial charge in [0.15, 0.2) is 4.34 Å². The molecule has 0 amide bonds. The van der Waals surface area contributed by atoms with Gasteiger partial charge in [0.25, 0.3) is 0 Å². The Morgan fingerprint density at radius 1 is 1.17 bits per heavy atom. The van der Waals surface area contributed by atoms with Crippen molar-refractivity contribution in [2.75, 3.05) is 0 Å². The molecule has 1 aromatic heterocycles. The highest BCUT2D eigenvalue weighted by Gasteiger charge is 1.98. The van der Waals surface area contributed by atoms with Crippen molar-refractivity contribution in [3.05, 3.63) is 35.8 Å². The average Bonchev–Trinajstić information content (AvgIpc) is 2.59. The zero-order valence-electron chi connectivity index (χ0n) is 6.18. The number of hydrogen-bond acceptors (Lipinski definition) is 4. The molecule has 0 aliphatic carbocycles. The summed E-state index contributed by atoms with van der Waals surface area (Å²) in [6.07, 6.45) is 0. The Hall–Kier alpha value is -0.870. The van der Waals surface area contributed by atoms with E-state index >= 15 is 0 Å². The van der Waals surface area contributed by atoms with E-state index in [1.807, 2.05) is 18.2 Å². The fraction of sp³-hybridized carbons (Fsp3) is 0. The van der Waals surface area contributed by atoms with Crippen LogP contribution in [0.1, 0.15) is 0 Å². The molecule has 0 aliphatic heterocycles. The Kier molecular flexibility index (Phi) is 2.39. The van der Waals surface area contributed by atoms with E-state index < -0.39 is 0 Å². The van der Waals surface area contributed by atoms with E-state index in [1.54, 1.807) is 28.6 Å². The first kappa shape index (κ1) is 7.76. The van der Waals surface area contributed by atoms with Gasteiger partial charge in [0.05, 0.1) is 0 Å². The molecule has 1 heterocycles. The summed E-state index contributed by atoms with van der Waals surface area (Å²) in [6, 6.07) is 10.2. The summed E-state index contributed by atoms with van der Waals surface area (Å²) in [7, 11) is 0. The zero-order chi connectivity index (χ0) is 8.23. The predicted octanol–water partition coefficient (Wildman–Crippen LogP) is 2.69. The standard InChI is InChI=1S/C8H6N2S2/c1-2-4-7(5-3-1)12-8-10-9-6-11-8/h1-6H. The molecule has 0 atom stereocenters. The van der Waals surface area contributed by atoms with Gasteiger partial charge in [0.2, 0.25) is 0 Å². The lowest BCUT2D eigenvalue weighted by molar-refractivity contribution is 1.01. The van der Waals surface area contributed by atoms with Gasteiger partial charge in [-0.3, -0.25) is 0 Å². The van der Waals surface area contributed by atoms with Crippen LogP contribution < -0.4 is 0 Å². The highest BCUT2D eigenvalue weighted by Crippen LogP contribution is 2.27. The summed E-state index contributed by atoms with van der Waals surface area (Å²) >= 11 is 3.20. The molecule has 0 N–H and O–H groups in total. The van der Waals surface area contributed by atoms with Gasteiger partial charge in [-0.05, 0) is 12.1 Å². The monoisotopic (exact) mass is 194 g/mol. The van der Waals surface area contributed by atoms with Crippen LogP contribution >= 0.6 is 23.1 Å². The first-order valence-electron chi connectivity index (χ1n) is 3.44. The molecule has 2 aromatic rings. The Morgan fingerprint density at radius 3 is 2.67 bits per heavy atom. The fourth-order valence-electron chi connectivity index (χ4n) is 0.797. The number of hydrogen-bond donors (Lipinski definition) is 0. The summed E-state index contributed by atoms with van der Waals surface area (Å²) in [5.74, 6) is 0. The SMILES string of the molecule is c1ccc(Sc2nncs2)cc1. The van der Waals surface area contributed by atoms with E-state index in [1.165, 1.54) is 4.90 Å². The van der Waals surface area contributed by atoms with Crippen molar-refractivity contribution < 1.29 is 0 Å². The Bertz CT molecular complexity index is 331. The first-order chi connectivity index (χ1) is 5.95. The van der Waals surface area contributed by atoms with E-state index in [4.69, 9.17) is 0 Å². The molecule has 2 nitrogen and oxygen atoms in total. The molecule has 1 aromatic carbocycles. The molecule has 0 saturated carbocycles. The third-order valence-corrected chi connectivity index (χ3v) is 3.07. The maximum Gasteiger partial charge on any atom is 0.178 e. The van der Waals surface area contributed by atoms with E-state index in [9.17, 15) is 0 Å². The van der Waals surface area contributed by atoms with Gasteiger partial charge in [-0.2, -0.15) is 0 Å². The van der Waals surface area contributed by atoms with Crippen LogP contribution in [0.3, 0.4) is 0 Å². The topological polar surface area (TPSA) is 25.8 Å². The fourth-order valence-corrected chi connectivity index (χ4v) is 2.27. The van der Waals surface area contributed by atoms with Crippen molar-refractivity contribution >= 4 is 23.1 Å². The van der Waals surface area contributed by atoms with Crippen molar-refractivity contribution in [3.8, 4) is 0 Å². The second kappa shape index (κ2) is 3.69. The quantitative estimate of drug-likeness (QED) is 0.735. The van der Waals surface area contributed by atoms with Crippen LogP contribution in [0.15, 0.2) is 45.1 Å². The molecular weight excluding hydrogens is 188 g/mol. The van der Waals surface area contributed by atoms with Crippen LogP contribution in [0.4, 0.5) is 0 Å². The summed E-state index contributed by atoms with van der Waals surface area (Å²) < 4.78 is 0.987. The van der Waals surface area contributed by atoms with Crippen LogP contribution in [-0.2, 0) is 0 Å². The van der Waals surface area contributed by atoms with Gasteiger partial charge in [0.1, 0.15) is 5.51 Å². The maximum absolute atomic E-state index is 3.94. The molecule has 0 bridgehead atoms. The molecule has 4 heteroatoms. The molecule has 0 radical (unpaired) electrons. The van der Waals surface area contributed by atoms with Crippen LogP contribution in [-0.4, -0.2) is 10.2 Å². The van der Waals surface area contributed by atoms with E-state index in [-0.39, 0.29) is 0 Å². The Balaban J connectivity index is 2.15. The van der Waals surface area contributed by atoms with Crippen molar-refractivity contribution in [2.24, 2.45) is 0 Å². The van der Waals surface area contributed by atoms with E-state index in [0.29, 0.717) is 0 Å². The molecular formula is C8H6N2S2. The van der Waals surface area contributed by atoms with Gasteiger partial charge < -0.3 is 0 Å². The minimum Gasteiger partial charge on any atom is -0.146 e. The predicted molar refractivity (Wildman–Crippen MR) is 50.5 cm³/mol. The number of rotatable bonds is 2. The zero-order valence-corrected chi connectivity index (χ0v) is 7.81. The normalized spacial score (nSPS) is 10.0. The van der Waals surface area contributed by atoms with Crippen molar-refractivity contribution in [2.45, 2.75) is 9.24 Å². The molecule has 0 aliphatic rings. The largest absolute Gasteiger partial charge is 0.178 e. The highest BCUT2D eigenvalue weighted by molar-refractivity contribution is 8.01. The van der Waals surface area contributed by atoms with E-state index in [2.05, 4.69) is 22.3 Å². The van der Waals surface area contributed by atoms with Crippen molar-refractivity contribution in [1.82, 2.24) is 10.2 Å². The van der Waals surface area contributed by atoms with Crippen molar-refractivity contribution in [1.29, 1.82) is 0 Å². The average molecular weight is 194 g/mol. The second-order valence-corrected chi connectivity index (χ2v) is 4.27. The molecule has 0 saturated heterocycles. The first-order valence-corrected chi connectivity index (χ1v) is 5.14. The second-order valence-electron chi connectivity index (χ2n) is 2.12. The van der Waals surface area contributed by atoms with Crippen molar-refractivity contribution in [3.63, 3.8) is 0 Å². The lowest BCUT2D eigenvalue weighted by Crippen LogP contribution is -1.71. The summed E-state index contributed by atoms with van der Waals surface area (Å²) in [6.45, 7) is 0. The maximum atomic E-state index is 3.94. The molecule has 0 fully saturated rings. The van der Waals surface area contributed by atoms with E-state index in [0.717, 1.165) is 4.34 Å². The summed E-state index contributed by atoms with van der Waals surface area (Å²) in [5.41, 5.74) is 1.74. The van der Waals surface area contributed by atoms with Crippen LogP contribution in [0.25, 0.3) is 0 Å². The molecule has 0 spiro atoms. The van der Waals surface area contributed by atoms with Gasteiger partial charge in [-0.1, -0.05) is 41.3 Å². The number of benzene rings is 1. The third-order valence-electron chi connectivity index (χ3n) is 1.29. The molecule has 2 rings (SSSR count). The summed E-state index contributed by atoms with van der Waals surface area (Å²) in [4.78, 5) is 1.20. The molecule has 60 valence electrons. The Morgan fingerprint density at radius 2 is 2.00 bits per heavy atom. The Labute approximate surface area is 78.7 Å². The molecule has 12 heavy (non-hydrogen) atoms. The highest BCUT2D eigenvalue weighted by atomic mass is 32.2. The van der Waals surface area contributed by atoms with Crippen LogP contribution in [0, 0.1) is 0 Å². The van der Waals surface area contributed by atoms with Gasteiger partial charge in [-0.15, -0.1) is 10.2 Å². The number of aromatic nitrogens is 2. The van der Waals surface area contributed by atoms with Gasteiger partial charge >= 0.3 is 0 Å². The van der Waals surface area contributed by atoms with Gasteiger partial charge in [0, 0.05) is 4.90 Å². The molecule has 0 unspecified atom stereocenters. The van der Waals surface area contributed by atoms with Gasteiger partial charge in [-0.25, -0.2) is 0 Å². The van der Waals surface area contributed by atoms with Crippen LogP contribution in [0.2, 0.25) is 0 Å². The van der Waals surface area contributed by atoms with Crippen LogP contribution in [0.5, 0.6) is 0 Å². The minimum absolute atomic E-state index is 0.987. The summed E-state index contributed by atoms with van der Waals surface area (Å²) in [5, 5.41) is 7.71.